The second-order valence-electron chi connectivity index (χ2n) is 7.32. The smallest absolute Gasteiger partial charge is 0.248 e. The number of hydrogen-bond donors (Lipinski definition) is 2. The standard InChI is InChI=1S/C24H26N2O4/c1-13(11-22(28)26-19-9-7-18(8-10-19)25-17(5)27)20-12-21-14(2)16(4)30-24(21)15(3)23(20)29-6/h7-12H,1-6H3,(H,25,27)(H,26,28)/b13-11+. The highest BCUT2D eigenvalue weighted by Crippen LogP contribution is 2.38. The van der Waals surface area contributed by atoms with E-state index in [1.54, 1.807) is 37.5 Å². The fraction of sp³-hybridized carbons (Fsp3) is 0.250. The number of furan rings is 1. The van der Waals surface area contributed by atoms with Crippen LogP contribution in [0.2, 0.25) is 0 Å². The number of nitrogens with one attached hydrogen (secondary N) is 2. The topological polar surface area (TPSA) is 80.6 Å². The molecule has 0 aliphatic carbocycles. The number of amides is 2. The number of hydrogen-bond acceptors (Lipinski definition) is 4. The predicted molar refractivity (Wildman–Crippen MR) is 120 cm³/mol. The van der Waals surface area contributed by atoms with Gasteiger partial charge in [0.2, 0.25) is 11.8 Å². The molecule has 0 bridgehead atoms. The van der Waals surface area contributed by atoms with Crippen LogP contribution >= 0.6 is 0 Å². The molecule has 2 N–H and O–H groups in total. The zero-order valence-electron chi connectivity index (χ0n) is 18.1. The van der Waals surface area contributed by atoms with Crippen molar-refractivity contribution in [2.75, 3.05) is 17.7 Å². The Morgan fingerprint density at radius 1 is 0.967 bits per heavy atom. The van der Waals surface area contributed by atoms with Crippen molar-refractivity contribution in [2.45, 2.75) is 34.6 Å². The number of methoxy groups -OCH3 is 1. The lowest BCUT2D eigenvalue weighted by molar-refractivity contribution is -0.114. The van der Waals surface area contributed by atoms with Crippen LogP contribution in [0.4, 0.5) is 11.4 Å². The lowest BCUT2D eigenvalue weighted by Crippen LogP contribution is -2.09. The Balaban J connectivity index is 1.89. The number of carbonyl (C=O) groups excluding carboxylic acids is 2. The quantitative estimate of drug-likeness (QED) is 0.559. The van der Waals surface area contributed by atoms with Crippen molar-refractivity contribution >= 4 is 39.7 Å². The van der Waals surface area contributed by atoms with E-state index in [1.165, 1.54) is 6.92 Å². The van der Waals surface area contributed by atoms with Gasteiger partial charge >= 0.3 is 0 Å². The molecule has 0 spiro atoms. The van der Waals surface area contributed by atoms with Gasteiger partial charge in [-0.25, -0.2) is 0 Å². The van der Waals surface area contributed by atoms with Crippen LogP contribution in [0.1, 0.15) is 36.3 Å². The second kappa shape index (κ2) is 8.45. The van der Waals surface area contributed by atoms with Gasteiger partial charge in [-0.1, -0.05) is 0 Å². The van der Waals surface area contributed by atoms with Gasteiger partial charge < -0.3 is 19.8 Å². The molecule has 156 valence electrons. The van der Waals surface area contributed by atoms with E-state index in [2.05, 4.69) is 10.6 Å². The molecule has 3 aromatic rings. The Morgan fingerprint density at radius 2 is 1.57 bits per heavy atom. The first-order valence-corrected chi connectivity index (χ1v) is 9.65. The van der Waals surface area contributed by atoms with Gasteiger partial charge in [0.25, 0.3) is 0 Å². The van der Waals surface area contributed by atoms with Crippen molar-refractivity contribution in [3.05, 3.63) is 58.9 Å². The Bertz CT molecular complexity index is 1150. The summed E-state index contributed by atoms with van der Waals surface area (Å²) in [5, 5.41) is 6.55. The van der Waals surface area contributed by atoms with Gasteiger partial charge in [-0.05, 0) is 69.2 Å². The first-order chi connectivity index (χ1) is 14.2. The number of anilines is 2. The molecule has 1 heterocycles. The second-order valence-corrected chi connectivity index (χ2v) is 7.32. The molecule has 0 fully saturated rings. The molecule has 6 heteroatoms. The molecule has 2 aromatic carbocycles. The highest BCUT2D eigenvalue weighted by Gasteiger charge is 2.18. The van der Waals surface area contributed by atoms with E-state index in [0.717, 1.165) is 39.0 Å². The van der Waals surface area contributed by atoms with Gasteiger partial charge in [-0.15, -0.1) is 0 Å². The van der Waals surface area contributed by atoms with Gasteiger partial charge in [-0.3, -0.25) is 9.59 Å². The molecule has 6 nitrogen and oxygen atoms in total. The van der Waals surface area contributed by atoms with Crippen LogP contribution in [0.3, 0.4) is 0 Å². The average molecular weight is 406 g/mol. The monoisotopic (exact) mass is 406 g/mol. The maximum absolute atomic E-state index is 12.6. The Labute approximate surface area is 175 Å². The van der Waals surface area contributed by atoms with E-state index < -0.39 is 0 Å². The lowest BCUT2D eigenvalue weighted by atomic mass is 9.98. The first-order valence-electron chi connectivity index (χ1n) is 9.65. The van der Waals surface area contributed by atoms with Crippen molar-refractivity contribution < 1.29 is 18.7 Å². The van der Waals surface area contributed by atoms with Gasteiger partial charge in [-0.2, -0.15) is 0 Å². The molecule has 1 aromatic heterocycles. The number of aryl methyl sites for hydroxylation is 3. The van der Waals surface area contributed by atoms with Crippen LogP contribution in [-0.2, 0) is 9.59 Å². The van der Waals surface area contributed by atoms with E-state index in [9.17, 15) is 9.59 Å². The third-order valence-electron chi connectivity index (χ3n) is 5.10. The molecule has 2 amide bonds. The molecule has 30 heavy (non-hydrogen) atoms. The van der Waals surface area contributed by atoms with Crippen LogP contribution in [-0.4, -0.2) is 18.9 Å². The molecule has 0 aliphatic heterocycles. The number of allylic oxidation sites excluding steroid dienone is 1. The molecule has 3 rings (SSSR count). The minimum absolute atomic E-state index is 0.144. The zero-order valence-corrected chi connectivity index (χ0v) is 18.1. The third kappa shape index (κ3) is 4.22. The normalized spacial score (nSPS) is 11.5. The number of benzene rings is 2. The largest absolute Gasteiger partial charge is 0.496 e. The number of ether oxygens (including phenoxy) is 1. The number of fused-ring (bicyclic) bond motifs is 1. The van der Waals surface area contributed by atoms with Crippen LogP contribution in [0.5, 0.6) is 5.75 Å². The SMILES string of the molecule is COc1c(/C(C)=C/C(=O)Nc2ccc(NC(C)=O)cc2)cc2c(C)c(C)oc2c1C. The zero-order chi connectivity index (χ0) is 22.0. The van der Waals surface area contributed by atoms with Gasteiger partial charge in [0.05, 0.1) is 7.11 Å². The Hall–Kier alpha value is -3.54. The van der Waals surface area contributed by atoms with Crippen LogP contribution < -0.4 is 15.4 Å². The third-order valence-corrected chi connectivity index (χ3v) is 5.10. The molecule has 0 saturated heterocycles. The summed E-state index contributed by atoms with van der Waals surface area (Å²) in [5.74, 6) is 1.17. The summed E-state index contributed by atoms with van der Waals surface area (Å²) >= 11 is 0. The highest BCUT2D eigenvalue weighted by molar-refractivity contribution is 6.05. The van der Waals surface area contributed by atoms with E-state index in [-0.39, 0.29) is 11.8 Å². The van der Waals surface area contributed by atoms with Crippen molar-refractivity contribution in [2.24, 2.45) is 0 Å². The van der Waals surface area contributed by atoms with Gasteiger partial charge in [0.15, 0.2) is 0 Å². The molecule has 0 aliphatic rings. The van der Waals surface area contributed by atoms with Crippen LogP contribution in [0.25, 0.3) is 16.5 Å². The molecule has 0 unspecified atom stereocenters. The van der Waals surface area contributed by atoms with Crippen molar-refractivity contribution in [1.29, 1.82) is 0 Å². The summed E-state index contributed by atoms with van der Waals surface area (Å²) in [6.45, 7) is 9.24. The first kappa shape index (κ1) is 21.2. The maximum atomic E-state index is 12.6. The summed E-state index contributed by atoms with van der Waals surface area (Å²) in [5.41, 5.74) is 5.73. The van der Waals surface area contributed by atoms with E-state index in [4.69, 9.17) is 9.15 Å². The molecule has 0 radical (unpaired) electrons. The lowest BCUT2D eigenvalue weighted by Gasteiger charge is -2.13. The number of carbonyl (C=O) groups is 2. The molecule has 0 saturated carbocycles. The summed E-state index contributed by atoms with van der Waals surface area (Å²) in [6.07, 6.45) is 1.55. The fourth-order valence-electron chi connectivity index (χ4n) is 3.46. The van der Waals surface area contributed by atoms with Crippen LogP contribution in [0, 0.1) is 20.8 Å². The van der Waals surface area contributed by atoms with Crippen molar-refractivity contribution in [3.63, 3.8) is 0 Å². The summed E-state index contributed by atoms with van der Waals surface area (Å²) < 4.78 is 11.5. The molecular formula is C24H26N2O4. The maximum Gasteiger partial charge on any atom is 0.248 e. The van der Waals surface area contributed by atoms with Gasteiger partial charge in [0.1, 0.15) is 17.1 Å². The minimum Gasteiger partial charge on any atom is -0.496 e. The van der Waals surface area contributed by atoms with Crippen molar-refractivity contribution in [3.8, 4) is 5.75 Å². The summed E-state index contributed by atoms with van der Waals surface area (Å²) in [7, 11) is 1.62. The van der Waals surface area contributed by atoms with Crippen molar-refractivity contribution in [1.82, 2.24) is 0 Å². The highest BCUT2D eigenvalue weighted by atomic mass is 16.5. The predicted octanol–water partition coefficient (Wildman–Crippen LogP) is 5.37. The number of rotatable bonds is 5. The Morgan fingerprint density at radius 3 is 2.13 bits per heavy atom. The summed E-state index contributed by atoms with van der Waals surface area (Å²) in [4.78, 5) is 23.7. The average Bonchev–Trinajstić information content (AvgIpc) is 2.97. The van der Waals surface area contributed by atoms with E-state index >= 15 is 0 Å². The fourth-order valence-corrected chi connectivity index (χ4v) is 3.46. The van der Waals surface area contributed by atoms with E-state index in [0.29, 0.717) is 17.1 Å². The van der Waals surface area contributed by atoms with Crippen LogP contribution in [0.15, 0.2) is 40.8 Å². The Kier molecular flexibility index (Phi) is 5.96. The van der Waals surface area contributed by atoms with E-state index in [1.807, 2.05) is 33.8 Å². The molecular weight excluding hydrogens is 380 g/mol. The van der Waals surface area contributed by atoms with Gasteiger partial charge in [0, 0.05) is 40.9 Å². The minimum atomic E-state index is -0.250. The summed E-state index contributed by atoms with van der Waals surface area (Å²) in [6, 6.07) is 8.95. The molecule has 0 atom stereocenters.